The summed E-state index contributed by atoms with van der Waals surface area (Å²) in [6.07, 6.45) is -2.60. The lowest BCUT2D eigenvalue weighted by Gasteiger charge is -2.20. The zero-order chi connectivity index (χ0) is 19.1. The van der Waals surface area contributed by atoms with Crippen LogP contribution < -0.4 is 15.4 Å². The van der Waals surface area contributed by atoms with Crippen molar-refractivity contribution in [3.63, 3.8) is 0 Å². The minimum absolute atomic E-state index is 0.0388. The highest BCUT2D eigenvalue weighted by Gasteiger charge is 2.33. The second-order valence-electron chi connectivity index (χ2n) is 7.29. The average molecular weight is 431 g/mol. The van der Waals surface area contributed by atoms with Gasteiger partial charge in [0, 0.05) is 19.0 Å². The van der Waals surface area contributed by atoms with Crippen LogP contribution in [0.3, 0.4) is 0 Å². The molecule has 0 aromatic carbocycles. The Morgan fingerprint density at radius 3 is 2.65 bits per heavy atom. The van der Waals surface area contributed by atoms with Crippen LogP contribution in [-0.4, -0.2) is 26.1 Å². The van der Waals surface area contributed by atoms with Crippen LogP contribution in [0.2, 0.25) is 0 Å². The molecule has 1 aliphatic carbocycles. The molecule has 2 aromatic rings. The molecule has 0 saturated carbocycles. The largest absolute Gasteiger partial charge is 0.468 e. The second-order valence-corrected chi connectivity index (χ2v) is 8.15. The van der Waals surface area contributed by atoms with Crippen LogP contribution in [-0.2, 0) is 12.7 Å². The zero-order valence-electron chi connectivity index (χ0n) is 14.5. The topological polar surface area (TPSA) is 52.8 Å². The van der Waals surface area contributed by atoms with Gasteiger partial charge in [-0.25, -0.2) is 9.67 Å². The zero-order valence-corrected chi connectivity index (χ0v) is 16.1. The molecule has 0 saturated heterocycles. The fourth-order valence-corrected chi connectivity index (χ4v) is 3.18. The number of hydrogen-bond donors (Lipinski definition) is 0. The van der Waals surface area contributed by atoms with Crippen LogP contribution >= 0.6 is 15.9 Å². The number of ether oxygens (including phenoxy) is 1. The molecule has 0 bridgehead atoms. The molecule has 2 heterocycles. The third-order valence-corrected chi connectivity index (χ3v) is 4.59. The van der Waals surface area contributed by atoms with E-state index in [1.54, 1.807) is 0 Å². The highest BCUT2D eigenvalue weighted by molar-refractivity contribution is 9.15. The number of pyridine rings is 1. The lowest BCUT2D eigenvalue weighted by Crippen LogP contribution is -2.40. The fourth-order valence-electron chi connectivity index (χ4n) is 2.62. The predicted molar refractivity (Wildman–Crippen MR) is 93.8 cm³/mol. The van der Waals surface area contributed by atoms with Crippen LogP contribution in [0, 0.1) is 5.41 Å². The average Bonchev–Trinajstić information content (AvgIpc) is 2.91. The van der Waals surface area contributed by atoms with Crippen LogP contribution in [0.5, 0.6) is 5.88 Å². The fraction of sp³-hybridized carbons (Fsp3) is 0.471. The number of nitrogens with zero attached hydrogens (tertiary/aromatic N) is 4. The number of halogens is 4. The molecule has 0 spiro atoms. The van der Waals surface area contributed by atoms with Gasteiger partial charge in [-0.2, -0.15) is 13.2 Å². The van der Waals surface area contributed by atoms with E-state index in [-0.39, 0.29) is 11.3 Å². The Hall–Kier alpha value is -1.90. The summed E-state index contributed by atoms with van der Waals surface area (Å²) in [4.78, 5) is 3.55. The van der Waals surface area contributed by atoms with Crippen LogP contribution in [0.1, 0.15) is 32.9 Å². The number of alkyl halides is 3. The van der Waals surface area contributed by atoms with Gasteiger partial charge in [-0.05, 0) is 27.4 Å². The summed E-state index contributed by atoms with van der Waals surface area (Å²) in [5, 5.41) is 9.89. The maximum absolute atomic E-state index is 12.8. The molecule has 1 unspecified atom stereocenters. The van der Waals surface area contributed by atoms with E-state index in [0.717, 1.165) is 11.4 Å². The molecule has 26 heavy (non-hydrogen) atoms. The van der Waals surface area contributed by atoms with Gasteiger partial charge in [0.25, 0.3) is 0 Å². The van der Waals surface area contributed by atoms with E-state index in [1.165, 1.54) is 12.1 Å². The minimum Gasteiger partial charge on any atom is -0.468 e. The van der Waals surface area contributed by atoms with E-state index >= 15 is 0 Å². The Morgan fingerprint density at radius 1 is 1.27 bits per heavy atom. The van der Waals surface area contributed by atoms with Gasteiger partial charge in [-0.1, -0.05) is 38.1 Å². The van der Waals surface area contributed by atoms with Gasteiger partial charge >= 0.3 is 6.18 Å². The van der Waals surface area contributed by atoms with Crippen molar-refractivity contribution in [2.24, 2.45) is 5.41 Å². The molecule has 2 aromatic heterocycles. The monoisotopic (exact) mass is 430 g/mol. The van der Waals surface area contributed by atoms with E-state index in [4.69, 9.17) is 4.74 Å². The number of hydrogen-bond acceptors (Lipinski definition) is 4. The quantitative estimate of drug-likeness (QED) is 0.750. The minimum atomic E-state index is -4.51. The first-order valence-electron chi connectivity index (χ1n) is 8.05. The highest BCUT2D eigenvalue weighted by atomic mass is 79.9. The third-order valence-electron chi connectivity index (χ3n) is 3.71. The van der Waals surface area contributed by atoms with E-state index in [2.05, 4.69) is 52.0 Å². The van der Waals surface area contributed by atoms with E-state index in [0.29, 0.717) is 22.8 Å². The summed E-state index contributed by atoms with van der Waals surface area (Å²) in [7, 11) is 0. The first-order valence-corrected chi connectivity index (χ1v) is 8.84. The van der Waals surface area contributed by atoms with Crippen molar-refractivity contribution < 1.29 is 17.9 Å². The molecule has 9 heteroatoms. The molecule has 0 amide bonds. The van der Waals surface area contributed by atoms with Crippen LogP contribution in [0.15, 0.2) is 18.2 Å². The Kier molecular flexibility index (Phi) is 4.85. The Morgan fingerprint density at radius 2 is 2.00 bits per heavy atom. The molecule has 5 nitrogen and oxygen atoms in total. The summed E-state index contributed by atoms with van der Waals surface area (Å²) in [6, 6.07) is 3.59. The highest BCUT2D eigenvalue weighted by Crippen LogP contribution is 2.29. The van der Waals surface area contributed by atoms with Crippen molar-refractivity contribution in [1.82, 2.24) is 20.0 Å². The van der Waals surface area contributed by atoms with Crippen LogP contribution in [0.4, 0.5) is 13.2 Å². The Labute approximate surface area is 156 Å². The lowest BCUT2D eigenvalue weighted by molar-refractivity contribution is -0.141. The first-order chi connectivity index (χ1) is 12.0. The first kappa shape index (κ1) is 18.9. The van der Waals surface area contributed by atoms with Gasteiger partial charge in [-0.3, -0.25) is 0 Å². The van der Waals surface area contributed by atoms with Crippen molar-refractivity contribution >= 4 is 26.5 Å². The van der Waals surface area contributed by atoms with Gasteiger partial charge in [0.15, 0.2) is 0 Å². The van der Waals surface area contributed by atoms with Gasteiger partial charge in [0.1, 0.15) is 17.1 Å². The van der Waals surface area contributed by atoms with Gasteiger partial charge in [0.05, 0.1) is 9.83 Å². The summed E-state index contributed by atoms with van der Waals surface area (Å²) < 4.78 is 46.5. The maximum Gasteiger partial charge on any atom is 0.433 e. The van der Waals surface area contributed by atoms with Crippen molar-refractivity contribution in [3.8, 4) is 5.88 Å². The molecular weight excluding hydrogens is 413 g/mol. The summed E-state index contributed by atoms with van der Waals surface area (Å²) in [6.45, 7) is 7.02. The third kappa shape index (κ3) is 4.08. The number of aromatic nitrogens is 4. The van der Waals surface area contributed by atoms with Crippen molar-refractivity contribution in [2.75, 3.05) is 0 Å². The molecular formula is C17H18BrF3N4O. The van der Waals surface area contributed by atoms with Crippen molar-refractivity contribution in [1.29, 1.82) is 0 Å². The molecule has 0 fully saturated rings. The molecule has 3 rings (SSSR count). The molecule has 1 atom stereocenters. The van der Waals surface area contributed by atoms with Crippen molar-refractivity contribution in [3.05, 3.63) is 34.6 Å². The Balaban J connectivity index is 1.88. The van der Waals surface area contributed by atoms with E-state index in [9.17, 15) is 13.2 Å². The number of fused-ring (bicyclic) bond motifs is 1. The van der Waals surface area contributed by atoms with Crippen molar-refractivity contribution in [2.45, 2.75) is 46.0 Å². The smallest absolute Gasteiger partial charge is 0.433 e. The second kappa shape index (κ2) is 6.68. The maximum atomic E-state index is 12.8. The molecule has 1 aliphatic rings. The number of rotatable bonds is 3. The molecule has 0 aliphatic heterocycles. The van der Waals surface area contributed by atoms with E-state index < -0.39 is 18.0 Å². The van der Waals surface area contributed by atoms with Gasteiger partial charge in [-0.15, -0.1) is 5.10 Å². The lowest BCUT2D eigenvalue weighted by atomic mass is 9.97. The SMILES string of the molecule is CC(C)(C)Cn1nnc2c1=CCC(Oc1cccc(C(F)(F)F)n1)C=2Br. The standard InChI is InChI=1S/C17H18BrF3N4O/c1-16(2,3)9-25-10-7-8-11(14(18)15(10)23-24-25)26-13-6-4-5-12(22-13)17(19,20)21/h4-7,11H,8-9H2,1-3H3. The summed E-state index contributed by atoms with van der Waals surface area (Å²) >= 11 is 3.47. The van der Waals surface area contributed by atoms with Gasteiger partial charge in [0.2, 0.25) is 5.88 Å². The Bertz CT molecular complexity index is 931. The molecule has 140 valence electrons. The van der Waals surface area contributed by atoms with E-state index in [1.807, 2.05) is 10.8 Å². The molecule has 0 N–H and O–H groups in total. The van der Waals surface area contributed by atoms with Crippen LogP contribution in [0.25, 0.3) is 10.6 Å². The summed E-state index contributed by atoms with van der Waals surface area (Å²) in [5.74, 6) is -0.0827. The normalized spacial score (nSPS) is 17.7. The summed E-state index contributed by atoms with van der Waals surface area (Å²) in [5.41, 5.74) is -0.945. The predicted octanol–water partition coefficient (Wildman–Crippen LogP) is 2.87. The van der Waals surface area contributed by atoms with Gasteiger partial charge < -0.3 is 4.74 Å². The molecule has 0 radical (unpaired) electrons.